The lowest BCUT2D eigenvalue weighted by Crippen LogP contribution is -2.24. The van der Waals surface area contributed by atoms with Gasteiger partial charge >= 0.3 is 0 Å². The van der Waals surface area contributed by atoms with Crippen LogP contribution < -0.4 is 11.1 Å². The number of aromatic nitrogens is 2. The summed E-state index contributed by atoms with van der Waals surface area (Å²) in [7, 11) is 0. The van der Waals surface area contributed by atoms with Gasteiger partial charge in [-0.2, -0.15) is 4.99 Å². The Balaban J connectivity index is 1.65. The molecule has 1 aromatic carbocycles. The molecule has 0 aliphatic heterocycles. The van der Waals surface area contributed by atoms with Crippen molar-refractivity contribution in [1.29, 1.82) is 0 Å². The minimum absolute atomic E-state index is 0.0118. The number of hydrogen-bond donors (Lipinski definition) is 2. The summed E-state index contributed by atoms with van der Waals surface area (Å²) >= 11 is 0. The molecule has 128 valence electrons. The second kappa shape index (κ2) is 6.76. The number of carbonyl (C=O) groups excluding carboxylic acids is 1. The minimum atomic E-state index is -0.964. The van der Waals surface area contributed by atoms with Crippen LogP contribution in [0.1, 0.15) is 18.7 Å². The van der Waals surface area contributed by atoms with E-state index in [0.717, 1.165) is 12.1 Å². The zero-order valence-corrected chi connectivity index (χ0v) is 13.1. The molecule has 1 aliphatic rings. The summed E-state index contributed by atoms with van der Waals surface area (Å²) in [6, 6.07) is 5.05. The Kier molecular flexibility index (Phi) is 4.51. The van der Waals surface area contributed by atoms with Crippen molar-refractivity contribution in [3.8, 4) is 0 Å². The smallest absolute Gasteiger partial charge is 0.261 e. The molecular formula is C17H15F2N5O. The Morgan fingerprint density at radius 1 is 1.24 bits per heavy atom. The molecule has 2 aromatic rings. The average molecular weight is 343 g/mol. The van der Waals surface area contributed by atoms with Crippen molar-refractivity contribution in [3.63, 3.8) is 0 Å². The van der Waals surface area contributed by atoms with Crippen LogP contribution in [0.3, 0.4) is 0 Å². The number of nitrogens with two attached hydrogens (primary N) is 1. The van der Waals surface area contributed by atoms with E-state index < -0.39 is 23.0 Å². The lowest BCUT2D eigenvalue weighted by atomic mass is 10.1. The van der Waals surface area contributed by atoms with Crippen LogP contribution >= 0.6 is 0 Å². The van der Waals surface area contributed by atoms with Crippen molar-refractivity contribution < 1.29 is 13.6 Å². The highest BCUT2D eigenvalue weighted by molar-refractivity contribution is 6.04. The molecule has 0 spiro atoms. The van der Waals surface area contributed by atoms with E-state index in [4.69, 9.17) is 5.73 Å². The molecule has 6 nitrogen and oxygen atoms in total. The van der Waals surface area contributed by atoms with Crippen molar-refractivity contribution in [1.82, 2.24) is 9.97 Å². The first-order valence-corrected chi connectivity index (χ1v) is 7.55. The standard InChI is InChI=1S/C17H15F2N5O/c18-12-3-2-11(10-13(12)19)21-9-4-14(20)24-16(25)17(5-6-17)15-22-7-1-8-23-15/h1-4,7-10,21H,5-6H2,(H2,20,24,25)/b9-4-. The van der Waals surface area contributed by atoms with E-state index in [1.54, 1.807) is 18.5 Å². The summed E-state index contributed by atoms with van der Waals surface area (Å²) in [5.41, 5.74) is 5.28. The number of nitrogens with one attached hydrogen (secondary N) is 1. The molecule has 8 heteroatoms. The molecule has 1 fully saturated rings. The molecule has 1 amide bonds. The topological polar surface area (TPSA) is 93.3 Å². The Labute approximate surface area is 142 Å². The van der Waals surface area contributed by atoms with Gasteiger partial charge < -0.3 is 11.1 Å². The summed E-state index contributed by atoms with van der Waals surface area (Å²) in [5, 5.41) is 2.72. The number of anilines is 1. The number of hydrogen-bond acceptors (Lipinski definition) is 4. The van der Waals surface area contributed by atoms with Gasteiger partial charge in [-0.05, 0) is 37.1 Å². The van der Waals surface area contributed by atoms with Gasteiger partial charge in [-0.1, -0.05) is 0 Å². The third-order valence-corrected chi connectivity index (χ3v) is 3.81. The number of halogens is 2. The van der Waals surface area contributed by atoms with Crippen molar-refractivity contribution in [2.45, 2.75) is 18.3 Å². The number of benzene rings is 1. The van der Waals surface area contributed by atoms with Crippen molar-refractivity contribution in [2.24, 2.45) is 10.7 Å². The monoisotopic (exact) mass is 343 g/mol. The molecule has 1 aromatic heterocycles. The van der Waals surface area contributed by atoms with E-state index in [1.807, 2.05) is 0 Å². The first-order chi connectivity index (χ1) is 12.0. The van der Waals surface area contributed by atoms with Crippen molar-refractivity contribution in [2.75, 3.05) is 5.32 Å². The van der Waals surface area contributed by atoms with Gasteiger partial charge in [-0.25, -0.2) is 18.7 Å². The summed E-state index contributed by atoms with van der Waals surface area (Å²) in [4.78, 5) is 24.5. The van der Waals surface area contributed by atoms with Crippen LogP contribution in [0.15, 0.2) is 53.9 Å². The largest absolute Gasteiger partial charge is 0.384 e. The van der Waals surface area contributed by atoms with Crippen LogP contribution in [-0.4, -0.2) is 21.7 Å². The van der Waals surface area contributed by atoms with Gasteiger partial charge in [0.05, 0.1) is 0 Å². The van der Waals surface area contributed by atoms with E-state index in [1.165, 1.54) is 18.3 Å². The van der Waals surface area contributed by atoms with Crippen LogP contribution in [-0.2, 0) is 10.2 Å². The highest BCUT2D eigenvalue weighted by atomic mass is 19.2. The Hall–Kier alpha value is -3.16. The van der Waals surface area contributed by atoms with Gasteiger partial charge in [0.25, 0.3) is 5.91 Å². The number of amidine groups is 1. The second-order valence-electron chi connectivity index (χ2n) is 5.60. The van der Waals surface area contributed by atoms with Crippen LogP contribution in [0.2, 0.25) is 0 Å². The molecule has 3 rings (SSSR count). The highest BCUT2D eigenvalue weighted by Gasteiger charge is 2.54. The van der Waals surface area contributed by atoms with E-state index in [0.29, 0.717) is 24.4 Å². The predicted octanol–water partition coefficient (Wildman–Crippen LogP) is 2.30. The Morgan fingerprint density at radius 2 is 1.96 bits per heavy atom. The highest BCUT2D eigenvalue weighted by Crippen LogP contribution is 2.47. The van der Waals surface area contributed by atoms with Gasteiger partial charge in [0.1, 0.15) is 17.1 Å². The van der Waals surface area contributed by atoms with Crippen LogP contribution in [0.25, 0.3) is 0 Å². The second-order valence-corrected chi connectivity index (χ2v) is 5.60. The number of nitrogens with zero attached hydrogens (tertiary/aromatic N) is 3. The molecule has 0 bridgehead atoms. The van der Waals surface area contributed by atoms with Crippen LogP contribution in [0.5, 0.6) is 0 Å². The van der Waals surface area contributed by atoms with Crippen molar-refractivity contribution >= 4 is 17.4 Å². The maximum atomic E-state index is 13.1. The number of rotatable bonds is 5. The molecule has 0 unspecified atom stereocenters. The number of amides is 1. The SMILES string of the molecule is NC(/C=C\Nc1ccc(F)c(F)c1)=NC(=O)C1(c2ncccn2)CC1. The first kappa shape index (κ1) is 16.7. The number of aliphatic imine (C=N–C) groups is 1. The van der Waals surface area contributed by atoms with E-state index in [-0.39, 0.29) is 5.84 Å². The number of carbonyl (C=O) groups is 1. The molecular weight excluding hydrogens is 328 g/mol. The van der Waals surface area contributed by atoms with E-state index >= 15 is 0 Å². The minimum Gasteiger partial charge on any atom is -0.384 e. The molecule has 0 radical (unpaired) electrons. The molecule has 1 heterocycles. The maximum absolute atomic E-state index is 13.1. The molecule has 25 heavy (non-hydrogen) atoms. The van der Waals surface area contributed by atoms with Crippen molar-refractivity contribution in [3.05, 3.63) is 66.4 Å². The van der Waals surface area contributed by atoms with E-state index in [2.05, 4.69) is 20.3 Å². The summed E-state index contributed by atoms with van der Waals surface area (Å²) in [6.07, 6.45) is 7.16. The molecule has 1 aliphatic carbocycles. The average Bonchev–Trinajstić information content (AvgIpc) is 3.41. The zero-order valence-electron chi connectivity index (χ0n) is 13.1. The Morgan fingerprint density at radius 3 is 2.60 bits per heavy atom. The normalized spacial score (nSPS) is 16.0. The van der Waals surface area contributed by atoms with Gasteiger partial charge in [0.2, 0.25) is 0 Å². The van der Waals surface area contributed by atoms with Gasteiger partial charge in [-0.3, -0.25) is 4.79 Å². The third-order valence-electron chi connectivity index (χ3n) is 3.81. The van der Waals surface area contributed by atoms with Gasteiger partial charge in [0.15, 0.2) is 11.6 Å². The maximum Gasteiger partial charge on any atom is 0.261 e. The lowest BCUT2D eigenvalue weighted by Gasteiger charge is -2.08. The van der Waals surface area contributed by atoms with Gasteiger partial charge in [-0.15, -0.1) is 0 Å². The molecule has 0 atom stereocenters. The first-order valence-electron chi connectivity index (χ1n) is 7.55. The summed E-state index contributed by atoms with van der Waals surface area (Å²) < 4.78 is 25.9. The third kappa shape index (κ3) is 3.68. The fraction of sp³-hybridized carbons (Fsp3) is 0.176. The molecule has 1 saturated carbocycles. The fourth-order valence-electron chi connectivity index (χ4n) is 2.28. The fourth-order valence-corrected chi connectivity index (χ4v) is 2.28. The zero-order chi connectivity index (χ0) is 17.9. The predicted molar refractivity (Wildman–Crippen MR) is 88.7 cm³/mol. The van der Waals surface area contributed by atoms with E-state index in [9.17, 15) is 13.6 Å². The molecule has 3 N–H and O–H groups in total. The molecule has 0 saturated heterocycles. The van der Waals surface area contributed by atoms with Crippen LogP contribution in [0, 0.1) is 11.6 Å². The lowest BCUT2D eigenvalue weighted by molar-refractivity contribution is -0.120. The Bertz CT molecular complexity index is 847. The van der Waals surface area contributed by atoms with Crippen LogP contribution in [0.4, 0.5) is 14.5 Å². The summed E-state index contributed by atoms with van der Waals surface area (Å²) in [5.74, 6) is -1.86. The van der Waals surface area contributed by atoms with Gasteiger partial charge in [0, 0.05) is 30.3 Å². The quantitative estimate of drug-likeness (QED) is 0.642. The summed E-state index contributed by atoms with van der Waals surface area (Å²) in [6.45, 7) is 0.